The van der Waals surface area contributed by atoms with Gasteiger partial charge >= 0.3 is 98.0 Å². The molecule has 3 aromatic rings. The molecule has 0 fully saturated rings. The summed E-state index contributed by atoms with van der Waals surface area (Å²) in [5.41, 5.74) is 0. The van der Waals surface area contributed by atoms with Crippen molar-refractivity contribution in [2.75, 3.05) is 0 Å². The van der Waals surface area contributed by atoms with Crippen molar-refractivity contribution < 1.29 is 129 Å². The van der Waals surface area contributed by atoms with Crippen molar-refractivity contribution >= 4 is 0 Å². The van der Waals surface area contributed by atoms with E-state index in [1.54, 1.807) is 36.4 Å². The first kappa shape index (κ1) is 31.3. The number of hydrogen-bond acceptors (Lipinski definition) is 6. The molecule has 0 unspecified atom stereocenters. The van der Waals surface area contributed by atoms with Crippen molar-refractivity contribution in [3.8, 4) is 34.5 Å². The van der Waals surface area contributed by atoms with Gasteiger partial charge in [0.15, 0.2) is 0 Å². The predicted molar refractivity (Wildman–Crippen MR) is 78.2 cm³/mol. The van der Waals surface area contributed by atoms with E-state index in [4.69, 9.17) is 5.11 Å². The van der Waals surface area contributed by atoms with Gasteiger partial charge in [-0.3, -0.25) is 0 Å². The topological polar surface area (TPSA) is 136 Å². The Morgan fingerprint density at radius 3 is 0.852 bits per heavy atom. The second-order valence-electron chi connectivity index (χ2n) is 4.36. The van der Waals surface area contributed by atoms with Gasteiger partial charge in [-0.15, -0.1) is 23.0 Å². The average molecular weight is 443 g/mol. The normalized spacial score (nSPS) is 8.00. The minimum atomic E-state index is -0.437. The van der Waals surface area contributed by atoms with E-state index in [0.717, 1.165) is 0 Å². The molecule has 0 atom stereocenters. The molecule has 1 N–H and O–H groups in total. The Hall–Kier alpha value is -0.384. The van der Waals surface area contributed by atoms with Crippen LogP contribution in [0.4, 0.5) is 0 Å². The van der Waals surface area contributed by atoms with E-state index >= 15 is 0 Å². The van der Waals surface area contributed by atoms with Gasteiger partial charge in [-0.25, -0.2) is 0 Å². The number of benzene rings is 3. The van der Waals surface area contributed by atoms with Crippen LogP contribution in [0.15, 0.2) is 72.8 Å². The first-order chi connectivity index (χ1) is 11.4. The third-order valence-electron chi connectivity index (χ3n) is 2.56. The minimum Gasteiger partial charge on any atom is -0.873 e. The Kier molecular flexibility index (Phi) is 20.5. The fourth-order valence-corrected chi connectivity index (χ4v) is 1.36. The van der Waals surface area contributed by atoms with Gasteiger partial charge in [0.25, 0.3) is 0 Å². The summed E-state index contributed by atoms with van der Waals surface area (Å²) in [5.74, 6) is -2.26. The zero-order valence-electron chi connectivity index (χ0n) is 14.8. The van der Waals surface area contributed by atoms with Crippen molar-refractivity contribution in [1.29, 1.82) is 0 Å². The maximum absolute atomic E-state index is 10.4. The standard InChI is InChI=1S/3C6H6O2.Fe.K.Na/c3*7-5-3-1-2-4-6(5)8;;;/h3*1-4,7-8H;;;/q;;;+3;2*+1/p-5. The third kappa shape index (κ3) is 13.4. The molecule has 9 heteroatoms. The summed E-state index contributed by atoms with van der Waals surface area (Å²) in [4.78, 5) is 0. The molecule has 0 bridgehead atoms. The summed E-state index contributed by atoms with van der Waals surface area (Å²) in [7, 11) is 0. The molecule has 0 aliphatic carbocycles. The molecule has 0 aromatic heterocycles. The molecular weight excluding hydrogens is 430 g/mol. The van der Waals surface area contributed by atoms with E-state index in [1.165, 1.54) is 36.4 Å². The largest absolute Gasteiger partial charge is 3.00 e. The molecule has 3 rings (SSSR count). The van der Waals surface area contributed by atoms with Gasteiger partial charge in [-0.2, -0.15) is 0 Å². The number of phenols is 1. The summed E-state index contributed by atoms with van der Waals surface area (Å²) >= 11 is 0. The van der Waals surface area contributed by atoms with Crippen LogP contribution >= 0.6 is 0 Å². The van der Waals surface area contributed by atoms with Gasteiger partial charge < -0.3 is 30.6 Å². The Bertz CT molecular complexity index is 610. The summed E-state index contributed by atoms with van der Waals surface area (Å²) in [6, 6.07) is 17.1. The van der Waals surface area contributed by atoms with Crippen molar-refractivity contribution in [3.05, 3.63) is 72.8 Å². The molecule has 1 radical (unpaired) electrons. The van der Waals surface area contributed by atoms with E-state index in [9.17, 15) is 25.5 Å². The molecular formula is C18H13FeKNaO6. The molecule has 27 heavy (non-hydrogen) atoms. The van der Waals surface area contributed by atoms with E-state index in [0.29, 0.717) is 0 Å². The summed E-state index contributed by atoms with van der Waals surface area (Å²) in [5, 5.41) is 60.2. The second kappa shape index (κ2) is 17.7. The minimum absolute atomic E-state index is 0. The Labute approximate surface area is 232 Å². The number of para-hydroxylation sites is 6. The molecule has 0 aliphatic rings. The molecule has 0 aliphatic heterocycles. The summed E-state index contributed by atoms with van der Waals surface area (Å²) < 4.78 is 0. The molecule has 0 heterocycles. The SMILES string of the molecule is [Fe+3].[K+].[Na+].[O-]c1ccccc1O.[O-]c1ccccc1[O-].[O-]c1ccccc1[O-]. The van der Waals surface area contributed by atoms with Crippen LogP contribution in [-0.2, 0) is 17.1 Å². The average Bonchev–Trinajstić information content (AvgIpc) is 2.57. The van der Waals surface area contributed by atoms with Crippen LogP contribution in [0.5, 0.6) is 34.5 Å². The Balaban J connectivity index is -0.000000303. The monoisotopic (exact) mass is 443 g/mol. The van der Waals surface area contributed by atoms with E-state index in [-0.39, 0.29) is 110 Å². The van der Waals surface area contributed by atoms with Gasteiger partial charge in [-0.05, 0) is 6.07 Å². The van der Waals surface area contributed by atoms with Crippen molar-refractivity contribution in [1.82, 2.24) is 0 Å². The quantitative estimate of drug-likeness (QED) is 0.344. The van der Waals surface area contributed by atoms with Gasteiger partial charge in [0.2, 0.25) is 0 Å². The maximum atomic E-state index is 10.4. The zero-order chi connectivity index (χ0) is 17.9. The Morgan fingerprint density at radius 1 is 0.481 bits per heavy atom. The Morgan fingerprint density at radius 2 is 0.704 bits per heavy atom. The van der Waals surface area contributed by atoms with Crippen LogP contribution in [0, 0.1) is 0 Å². The van der Waals surface area contributed by atoms with Gasteiger partial charge in [0.05, 0.1) is 0 Å². The van der Waals surface area contributed by atoms with E-state index in [1.807, 2.05) is 0 Å². The first-order valence-electron chi connectivity index (χ1n) is 6.73. The zero-order valence-corrected chi connectivity index (χ0v) is 21.0. The van der Waals surface area contributed by atoms with E-state index < -0.39 is 23.0 Å². The van der Waals surface area contributed by atoms with Crippen molar-refractivity contribution in [2.24, 2.45) is 0 Å². The molecule has 0 spiro atoms. The van der Waals surface area contributed by atoms with Crippen LogP contribution in [0.25, 0.3) is 0 Å². The first-order valence-corrected chi connectivity index (χ1v) is 6.73. The fraction of sp³-hybridized carbons (Fsp3) is 0. The van der Waals surface area contributed by atoms with Gasteiger partial charge in [-0.1, -0.05) is 72.5 Å². The van der Waals surface area contributed by atoms with E-state index in [2.05, 4.69) is 0 Å². The van der Waals surface area contributed by atoms with Crippen LogP contribution in [0.1, 0.15) is 0 Å². The molecule has 0 saturated heterocycles. The fourth-order valence-electron chi connectivity index (χ4n) is 1.36. The van der Waals surface area contributed by atoms with Crippen LogP contribution < -0.4 is 106 Å². The number of rotatable bonds is 0. The van der Waals surface area contributed by atoms with Gasteiger partial charge in [0, 0.05) is 0 Å². The number of hydrogen-bond donors (Lipinski definition) is 1. The number of aromatic hydroxyl groups is 1. The van der Waals surface area contributed by atoms with Gasteiger partial charge in [0.1, 0.15) is 5.75 Å². The molecule has 0 amide bonds. The maximum Gasteiger partial charge on any atom is 3.00 e. The van der Waals surface area contributed by atoms with Crippen molar-refractivity contribution in [3.63, 3.8) is 0 Å². The third-order valence-corrected chi connectivity index (χ3v) is 2.56. The molecule has 0 saturated carbocycles. The molecule has 131 valence electrons. The van der Waals surface area contributed by atoms with Crippen LogP contribution in [0.2, 0.25) is 0 Å². The number of phenolic OH excluding ortho intramolecular Hbond substituents is 1. The second-order valence-corrected chi connectivity index (χ2v) is 4.36. The van der Waals surface area contributed by atoms with Crippen LogP contribution in [0.3, 0.4) is 0 Å². The predicted octanol–water partition coefficient (Wildman–Crippen LogP) is -5.86. The smallest absolute Gasteiger partial charge is 0.873 e. The summed E-state index contributed by atoms with van der Waals surface area (Å²) in [6.07, 6.45) is 0. The molecule has 6 nitrogen and oxygen atoms in total. The summed E-state index contributed by atoms with van der Waals surface area (Å²) in [6.45, 7) is 0. The van der Waals surface area contributed by atoms with Crippen molar-refractivity contribution in [2.45, 2.75) is 0 Å². The molecule has 3 aromatic carbocycles. The van der Waals surface area contributed by atoms with Crippen LogP contribution in [-0.4, -0.2) is 5.11 Å².